The van der Waals surface area contributed by atoms with Gasteiger partial charge in [-0.15, -0.1) is 0 Å². The van der Waals surface area contributed by atoms with Gasteiger partial charge < -0.3 is 24.1 Å². The van der Waals surface area contributed by atoms with E-state index in [0.717, 1.165) is 42.8 Å². The highest BCUT2D eigenvalue weighted by Crippen LogP contribution is 2.39. The maximum Gasteiger partial charge on any atom is 0.414 e. The van der Waals surface area contributed by atoms with Gasteiger partial charge in [0.05, 0.1) is 26.7 Å². The number of carbonyl (C=O) groups is 2. The molecule has 7 rings (SSSR count). The Morgan fingerprint density at radius 2 is 1.72 bits per heavy atom. The number of hydrogen-bond acceptors (Lipinski definition) is 8. The Hall–Kier alpha value is -4.51. The first-order valence-corrected chi connectivity index (χ1v) is 17.2. The minimum Gasteiger partial charge on any atom is -0.545 e. The summed E-state index contributed by atoms with van der Waals surface area (Å²) in [5, 5.41) is 23.1. The van der Waals surface area contributed by atoms with Gasteiger partial charge in [-0.25, -0.2) is 4.79 Å². The Morgan fingerprint density at radius 1 is 1.00 bits per heavy atom. The number of carbonyl (C=O) groups excluding carboxylic acids is 2. The van der Waals surface area contributed by atoms with Crippen LogP contribution in [0.3, 0.4) is 0 Å². The molecule has 10 nitrogen and oxygen atoms in total. The first-order valence-electron chi connectivity index (χ1n) is 16.5. The highest BCUT2D eigenvalue weighted by molar-refractivity contribution is 6.35. The number of halogens is 2. The van der Waals surface area contributed by atoms with Crippen LogP contribution in [0.2, 0.25) is 10.0 Å². The fraction of sp³-hybridized carbons (Fsp3) is 0.342. The second-order valence-corrected chi connectivity index (χ2v) is 13.7. The Bertz CT molecular complexity index is 1870. The summed E-state index contributed by atoms with van der Waals surface area (Å²) in [5.41, 5.74) is 3.87. The number of benzene rings is 3. The van der Waals surface area contributed by atoms with E-state index < -0.39 is 18.0 Å². The van der Waals surface area contributed by atoms with Crippen LogP contribution in [-0.4, -0.2) is 62.1 Å². The Balaban J connectivity index is 1.43. The molecule has 3 saturated heterocycles. The zero-order chi connectivity index (χ0) is 35.5. The van der Waals surface area contributed by atoms with Crippen molar-refractivity contribution in [3.05, 3.63) is 116 Å². The predicted octanol–water partition coefficient (Wildman–Crippen LogP) is 5.82. The summed E-state index contributed by atoms with van der Waals surface area (Å²) in [7, 11) is 3.05. The normalized spacial score (nSPS) is 18.7. The van der Waals surface area contributed by atoms with Crippen molar-refractivity contribution in [2.24, 2.45) is 5.92 Å². The second-order valence-electron chi connectivity index (χ2n) is 12.9. The zero-order valence-electron chi connectivity index (χ0n) is 28.1. The first kappa shape index (κ1) is 35.3. The monoisotopic (exact) mass is 719 g/mol. The van der Waals surface area contributed by atoms with Crippen LogP contribution in [-0.2, 0) is 17.7 Å². The van der Waals surface area contributed by atoms with Crippen LogP contribution in [0.25, 0.3) is 0 Å². The average molecular weight is 721 g/mol. The van der Waals surface area contributed by atoms with Gasteiger partial charge in [0.1, 0.15) is 16.1 Å². The number of ether oxygens (including phenoxy) is 3. The van der Waals surface area contributed by atoms with Crippen molar-refractivity contribution >= 4 is 41.0 Å². The van der Waals surface area contributed by atoms with Crippen molar-refractivity contribution < 1.29 is 38.8 Å². The molecule has 0 aliphatic carbocycles. The molecule has 3 fully saturated rings. The molecule has 0 saturated carbocycles. The molecule has 1 amide bonds. The van der Waals surface area contributed by atoms with Gasteiger partial charge in [-0.05, 0) is 91.7 Å². The average Bonchev–Trinajstić information content (AvgIpc) is 3.10. The molecule has 0 radical (unpaired) electrons. The minimum atomic E-state index is -1.37. The molecule has 3 aliphatic rings. The van der Waals surface area contributed by atoms with Crippen molar-refractivity contribution in [3.63, 3.8) is 0 Å². The molecule has 3 aromatic carbocycles. The topological polar surface area (TPSA) is 115 Å². The van der Waals surface area contributed by atoms with Crippen LogP contribution in [0.1, 0.15) is 56.9 Å². The van der Waals surface area contributed by atoms with E-state index in [1.165, 1.54) is 32.7 Å². The number of pyridine rings is 1. The van der Waals surface area contributed by atoms with Crippen molar-refractivity contribution in [2.45, 2.75) is 44.8 Å². The third-order valence-corrected chi connectivity index (χ3v) is 10.4. The number of nitrogens with zero attached hydrogens (tertiary/aromatic N) is 3. The molecule has 2 bridgehead atoms. The Morgan fingerprint density at radius 3 is 2.34 bits per heavy atom. The molecular weight excluding hydrogens is 681 g/mol. The summed E-state index contributed by atoms with van der Waals surface area (Å²) in [4.78, 5) is 30.6. The highest BCUT2D eigenvalue weighted by atomic mass is 35.5. The molecule has 3 aliphatic heterocycles. The fourth-order valence-electron chi connectivity index (χ4n) is 7.08. The van der Waals surface area contributed by atoms with Gasteiger partial charge >= 0.3 is 6.09 Å². The molecule has 262 valence electrons. The van der Waals surface area contributed by atoms with Gasteiger partial charge in [0, 0.05) is 34.0 Å². The largest absolute Gasteiger partial charge is 0.545 e. The van der Waals surface area contributed by atoms with Crippen LogP contribution < -0.4 is 24.2 Å². The Kier molecular flexibility index (Phi) is 10.7. The maximum atomic E-state index is 14.0. The lowest BCUT2D eigenvalue weighted by molar-refractivity contribution is -0.904. The Labute approximate surface area is 301 Å². The third-order valence-electron chi connectivity index (χ3n) is 9.72. The highest BCUT2D eigenvalue weighted by Gasteiger charge is 2.37. The number of piperidine rings is 3. The quantitative estimate of drug-likeness (QED) is 0.152. The maximum absolute atomic E-state index is 14.0. The number of anilines is 1. The number of fused-ring (bicyclic) bond motifs is 3. The SMILES string of the molecule is COc1ccc([C@H](Cc2c(Cl)c[n+](O)cc2Cl)c2cc(CN(C(=O)O[C@H]3CN4CCC3CC4)c3cccc(C)c3)ccc2C(=O)[O-])cc1OC. The number of rotatable bonds is 11. The van der Waals surface area contributed by atoms with E-state index in [2.05, 4.69) is 4.90 Å². The smallest absolute Gasteiger partial charge is 0.414 e. The number of aromatic carboxylic acids is 1. The second kappa shape index (κ2) is 15.2. The summed E-state index contributed by atoms with van der Waals surface area (Å²) in [6, 6.07) is 17.9. The van der Waals surface area contributed by atoms with Crippen molar-refractivity contribution in [1.82, 2.24) is 4.90 Å². The summed E-state index contributed by atoms with van der Waals surface area (Å²) in [6.45, 7) is 4.83. The summed E-state index contributed by atoms with van der Waals surface area (Å²) < 4.78 is 18.0. The van der Waals surface area contributed by atoms with Crippen molar-refractivity contribution in [3.8, 4) is 11.5 Å². The van der Waals surface area contributed by atoms with Crippen LogP contribution in [0.5, 0.6) is 11.5 Å². The van der Waals surface area contributed by atoms with Gasteiger partial charge in [0.15, 0.2) is 11.5 Å². The summed E-state index contributed by atoms with van der Waals surface area (Å²) in [5.74, 6) is -0.736. The standard InChI is InChI=1S/C38H39Cl2N3O7/c1-23-5-4-6-27(15-23)43(38(46)50-36-22-41-13-11-25(36)12-14-41)19-24-7-9-28(37(44)45)30(16-24)29(18-31-32(39)20-42(47)21-33(31)40)26-8-10-34(48-2)35(17-26)49-3/h4-10,15-17,20-21,25,29,36H,11-14,18-19,22H2,1-3H3,(H-,44,45,47)/t29-,36-/m0/s1. The number of methoxy groups -OCH3 is 2. The molecule has 1 N–H and O–H groups in total. The summed E-state index contributed by atoms with van der Waals surface area (Å²) >= 11 is 13.2. The molecule has 4 aromatic rings. The van der Waals surface area contributed by atoms with E-state index >= 15 is 0 Å². The van der Waals surface area contributed by atoms with Gasteiger partial charge in [-0.2, -0.15) is 0 Å². The molecule has 12 heteroatoms. The van der Waals surface area contributed by atoms with E-state index in [1.54, 1.807) is 29.2 Å². The van der Waals surface area contributed by atoms with Gasteiger partial charge in [0.25, 0.3) is 0 Å². The van der Waals surface area contributed by atoms with E-state index in [-0.39, 0.29) is 34.7 Å². The number of carboxylic acids is 1. The van der Waals surface area contributed by atoms with E-state index in [4.69, 9.17) is 37.4 Å². The van der Waals surface area contributed by atoms with Crippen molar-refractivity contribution in [1.29, 1.82) is 0 Å². The molecule has 0 spiro atoms. The number of aryl methyl sites for hydroxylation is 1. The van der Waals surface area contributed by atoms with E-state index in [9.17, 15) is 19.9 Å². The van der Waals surface area contributed by atoms with Gasteiger partial charge in [-0.3, -0.25) is 15.0 Å². The number of carboxylic acid groups (broad SMARTS) is 1. The molecule has 0 unspecified atom stereocenters. The van der Waals surface area contributed by atoms with Crippen LogP contribution in [0.15, 0.2) is 73.1 Å². The van der Waals surface area contributed by atoms with Crippen LogP contribution >= 0.6 is 23.2 Å². The molecular formula is C38H39Cl2N3O7. The van der Waals surface area contributed by atoms with E-state index in [1.807, 2.05) is 37.3 Å². The summed E-state index contributed by atoms with van der Waals surface area (Å²) in [6.07, 6.45) is 4.12. The number of hydrogen-bond donors (Lipinski definition) is 1. The predicted molar refractivity (Wildman–Crippen MR) is 187 cm³/mol. The molecule has 50 heavy (non-hydrogen) atoms. The lowest BCUT2D eigenvalue weighted by Gasteiger charge is -2.44. The number of amides is 1. The fourth-order valence-corrected chi connectivity index (χ4v) is 7.68. The van der Waals surface area contributed by atoms with Crippen LogP contribution in [0.4, 0.5) is 10.5 Å². The molecule has 4 heterocycles. The van der Waals surface area contributed by atoms with Crippen LogP contribution in [0, 0.1) is 12.8 Å². The lowest BCUT2D eigenvalue weighted by atomic mass is 9.82. The third kappa shape index (κ3) is 7.62. The van der Waals surface area contributed by atoms with E-state index in [0.29, 0.717) is 45.4 Å². The first-order chi connectivity index (χ1) is 24.0. The molecule has 1 aromatic heterocycles. The number of aromatic nitrogens is 1. The zero-order valence-corrected chi connectivity index (χ0v) is 29.6. The molecule has 2 atom stereocenters. The lowest BCUT2D eigenvalue weighted by Crippen LogP contribution is -2.53. The van der Waals surface area contributed by atoms with Gasteiger partial charge in [-0.1, -0.05) is 59.6 Å². The van der Waals surface area contributed by atoms with Gasteiger partial charge in [0.2, 0.25) is 12.4 Å². The minimum absolute atomic E-state index is 0.0362. The van der Waals surface area contributed by atoms with Crippen molar-refractivity contribution in [2.75, 3.05) is 38.8 Å².